The van der Waals surface area contributed by atoms with Gasteiger partial charge in [0.2, 0.25) is 5.91 Å². The molecule has 0 atom stereocenters. The van der Waals surface area contributed by atoms with Crippen LogP contribution < -0.4 is 10.6 Å². The summed E-state index contributed by atoms with van der Waals surface area (Å²) >= 11 is 1.57. The molecular weight excluding hydrogens is 274 g/mol. The smallest absolute Gasteiger partial charge is 0.251 e. The zero-order valence-electron chi connectivity index (χ0n) is 11.1. The van der Waals surface area contributed by atoms with Gasteiger partial charge >= 0.3 is 0 Å². The fraction of sp³-hybridized carbons (Fsp3) is 0.214. The Morgan fingerprint density at radius 1 is 1.35 bits per heavy atom. The van der Waals surface area contributed by atoms with Crippen LogP contribution in [0.3, 0.4) is 0 Å². The number of hydrogen-bond acceptors (Lipinski definition) is 4. The summed E-state index contributed by atoms with van der Waals surface area (Å²) in [7, 11) is 0. The number of carbonyl (C=O) groups excluding carboxylic acids is 2. The van der Waals surface area contributed by atoms with Gasteiger partial charge in [-0.1, -0.05) is 6.07 Å². The molecule has 0 unspecified atom stereocenters. The predicted octanol–water partition coefficient (Wildman–Crippen LogP) is 2.07. The maximum absolute atomic E-state index is 12.0. The summed E-state index contributed by atoms with van der Waals surface area (Å²) in [5, 5.41) is 8.39. The molecule has 6 heteroatoms. The first-order valence-corrected chi connectivity index (χ1v) is 7.07. The van der Waals surface area contributed by atoms with Crippen LogP contribution in [-0.4, -0.2) is 23.3 Å². The molecule has 2 N–H and O–H groups in total. The molecule has 0 radical (unpaired) electrons. The second-order valence-corrected chi connectivity index (χ2v) is 5.17. The average molecular weight is 289 g/mol. The molecule has 0 bridgehead atoms. The van der Waals surface area contributed by atoms with E-state index >= 15 is 0 Å². The number of hydrogen-bond donors (Lipinski definition) is 2. The highest BCUT2D eigenvalue weighted by molar-refractivity contribution is 7.09. The lowest BCUT2D eigenvalue weighted by Gasteiger charge is -2.06. The van der Waals surface area contributed by atoms with Crippen molar-refractivity contribution in [2.24, 2.45) is 0 Å². The fourth-order valence-corrected chi connectivity index (χ4v) is 2.32. The highest BCUT2D eigenvalue weighted by Crippen LogP contribution is 2.10. The molecule has 0 aliphatic heterocycles. The summed E-state index contributed by atoms with van der Waals surface area (Å²) in [5.74, 6) is -0.319. The number of nitrogens with one attached hydrogen (secondary N) is 2. The molecule has 2 aromatic rings. The number of thiazole rings is 1. The van der Waals surface area contributed by atoms with E-state index in [1.807, 2.05) is 5.38 Å². The van der Waals surface area contributed by atoms with Crippen LogP contribution in [0.2, 0.25) is 0 Å². The summed E-state index contributed by atoms with van der Waals surface area (Å²) in [6, 6.07) is 6.85. The topological polar surface area (TPSA) is 71.1 Å². The maximum atomic E-state index is 12.0. The Bertz CT molecular complexity index is 596. The van der Waals surface area contributed by atoms with E-state index in [0.717, 1.165) is 11.4 Å². The van der Waals surface area contributed by atoms with E-state index in [1.54, 1.807) is 41.8 Å². The number of nitrogens with zero attached hydrogens (tertiary/aromatic N) is 1. The van der Waals surface area contributed by atoms with Gasteiger partial charge in [-0.2, -0.15) is 0 Å². The molecule has 0 aliphatic carbocycles. The molecule has 5 nitrogen and oxygen atoms in total. The summed E-state index contributed by atoms with van der Waals surface area (Å²) < 4.78 is 0. The first-order chi connectivity index (χ1) is 9.65. The van der Waals surface area contributed by atoms with Crippen LogP contribution in [0, 0.1) is 0 Å². The number of carbonyl (C=O) groups is 2. The first kappa shape index (κ1) is 14.2. The number of benzene rings is 1. The molecule has 1 aromatic heterocycles. The van der Waals surface area contributed by atoms with Gasteiger partial charge in [0.1, 0.15) is 0 Å². The SMILES string of the molecule is CC(=O)Nc1cccc(C(=O)NCCc2nccs2)c1. The molecule has 0 saturated carbocycles. The molecule has 2 amide bonds. The quantitative estimate of drug-likeness (QED) is 0.885. The second-order valence-electron chi connectivity index (χ2n) is 4.19. The lowest BCUT2D eigenvalue weighted by Crippen LogP contribution is -2.25. The van der Waals surface area contributed by atoms with Crippen molar-refractivity contribution in [2.45, 2.75) is 13.3 Å². The minimum atomic E-state index is -0.161. The average Bonchev–Trinajstić information content (AvgIpc) is 2.91. The zero-order valence-corrected chi connectivity index (χ0v) is 11.9. The third-order valence-electron chi connectivity index (χ3n) is 2.55. The van der Waals surface area contributed by atoms with Crippen LogP contribution in [0.25, 0.3) is 0 Å². The summed E-state index contributed by atoms with van der Waals surface area (Å²) in [4.78, 5) is 27.1. The van der Waals surface area contributed by atoms with Gasteiger partial charge in [0.25, 0.3) is 5.91 Å². The molecule has 0 aliphatic rings. The van der Waals surface area contributed by atoms with Gasteiger partial charge < -0.3 is 10.6 Å². The number of aromatic nitrogens is 1. The van der Waals surface area contributed by atoms with Crippen molar-refractivity contribution < 1.29 is 9.59 Å². The van der Waals surface area contributed by atoms with Crippen molar-refractivity contribution in [1.29, 1.82) is 0 Å². The predicted molar refractivity (Wildman–Crippen MR) is 78.9 cm³/mol. The molecule has 2 rings (SSSR count). The third-order valence-corrected chi connectivity index (χ3v) is 3.39. The van der Waals surface area contributed by atoms with E-state index in [9.17, 15) is 9.59 Å². The van der Waals surface area contributed by atoms with E-state index in [1.165, 1.54) is 6.92 Å². The van der Waals surface area contributed by atoms with Crippen LogP contribution >= 0.6 is 11.3 Å². The van der Waals surface area contributed by atoms with Gasteiger partial charge in [-0.25, -0.2) is 4.98 Å². The molecule has 1 aromatic carbocycles. The van der Waals surface area contributed by atoms with Gasteiger partial charge in [-0.05, 0) is 18.2 Å². The van der Waals surface area contributed by atoms with Crippen LogP contribution in [-0.2, 0) is 11.2 Å². The molecule has 104 valence electrons. The standard InChI is InChI=1S/C14H15N3O2S/c1-10(18)17-12-4-2-3-11(9-12)14(19)16-6-5-13-15-7-8-20-13/h2-4,7-9H,5-6H2,1H3,(H,16,19)(H,17,18). The van der Waals surface area contributed by atoms with Gasteiger partial charge in [0.15, 0.2) is 0 Å². The largest absolute Gasteiger partial charge is 0.352 e. The van der Waals surface area contributed by atoms with Gasteiger partial charge in [0.05, 0.1) is 5.01 Å². The van der Waals surface area contributed by atoms with E-state index in [-0.39, 0.29) is 11.8 Å². The highest BCUT2D eigenvalue weighted by Gasteiger charge is 2.06. The molecule has 1 heterocycles. The van der Waals surface area contributed by atoms with Crippen molar-refractivity contribution in [2.75, 3.05) is 11.9 Å². The third kappa shape index (κ3) is 4.17. The second kappa shape index (κ2) is 6.81. The minimum absolute atomic E-state index is 0.159. The molecule has 0 spiro atoms. The Morgan fingerprint density at radius 3 is 2.90 bits per heavy atom. The first-order valence-electron chi connectivity index (χ1n) is 6.19. The van der Waals surface area contributed by atoms with Crippen LogP contribution in [0.1, 0.15) is 22.3 Å². The van der Waals surface area contributed by atoms with Gasteiger partial charge in [-0.3, -0.25) is 9.59 Å². The monoisotopic (exact) mass is 289 g/mol. The lowest BCUT2D eigenvalue weighted by molar-refractivity contribution is -0.114. The van der Waals surface area contributed by atoms with Crippen LogP contribution in [0.15, 0.2) is 35.8 Å². The van der Waals surface area contributed by atoms with Gasteiger partial charge in [-0.15, -0.1) is 11.3 Å². The molecule has 0 saturated heterocycles. The summed E-state index contributed by atoms with van der Waals surface area (Å²) in [6.45, 7) is 1.97. The Labute approximate surface area is 121 Å². The Balaban J connectivity index is 1.90. The molecule has 20 heavy (non-hydrogen) atoms. The van der Waals surface area contributed by atoms with Crippen molar-refractivity contribution in [3.8, 4) is 0 Å². The van der Waals surface area contributed by atoms with E-state index in [2.05, 4.69) is 15.6 Å². The molecule has 0 fully saturated rings. The Morgan fingerprint density at radius 2 is 2.20 bits per heavy atom. The Hall–Kier alpha value is -2.21. The lowest BCUT2D eigenvalue weighted by atomic mass is 10.2. The maximum Gasteiger partial charge on any atom is 0.251 e. The van der Waals surface area contributed by atoms with Crippen molar-refractivity contribution in [3.05, 3.63) is 46.4 Å². The van der Waals surface area contributed by atoms with Crippen LogP contribution in [0.4, 0.5) is 5.69 Å². The van der Waals surface area contributed by atoms with Crippen molar-refractivity contribution in [1.82, 2.24) is 10.3 Å². The summed E-state index contributed by atoms with van der Waals surface area (Å²) in [6.07, 6.45) is 2.47. The zero-order chi connectivity index (χ0) is 14.4. The summed E-state index contributed by atoms with van der Waals surface area (Å²) in [5.41, 5.74) is 1.14. The van der Waals surface area contributed by atoms with E-state index < -0.39 is 0 Å². The number of rotatable bonds is 5. The highest BCUT2D eigenvalue weighted by atomic mass is 32.1. The van der Waals surface area contributed by atoms with E-state index in [4.69, 9.17) is 0 Å². The van der Waals surface area contributed by atoms with Gasteiger partial charge in [0, 0.05) is 42.7 Å². The van der Waals surface area contributed by atoms with E-state index in [0.29, 0.717) is 17.8 Å². The fourth-order valence-electron chi connectivity index (χ4n) is 1.70. The normalized spacial score (nSPS) is 10.1. The Kier molecular flexibility index (Phi) is 4.84. The minimum Gasteiger partial charge on any atom is -0.352 e. The molecular formula is C14H15N3O2S. The number of amides is 2. The van der Waals surface area contributed by atoms with Crippen molar-refractivity contribution >= 4 is 28.8 Å². The van der Waals surface area contributed by atoms with Crippen molar-refractivity contribution in [3.63, 3.8) is 0 Å². The van der Waals surface area contributed by atoms with Crippen LogP contribution in [0.5, 0.6) is 0 Å². The number of anilines is 1.